The van der Waals surface area contributed by atoms with Crippen molar-refractivity contribution >= 4 is 56.3 Å². The summed E-state index contributed by atoms with van der Waals surface area (Å²) < 4.78 is 0. The predicted molar refractivity (Wildman–Crippen MR) is 74.2 cm³/mol. The van der Waals surface area contributed by atoms with Crippen LogP contribution < -0.4 is 0 Å². The molecule has 2 radical (unpaired) electrons. The molecule has 0 saturated carbocycles. The van der Waals surface area contributed by atoms with Crippen molar-refractivity contribution in [1.29, 1.82) is 0 Å². The third-order valence-corrected chi connectivity index (χ3v) is 3.81. The Morgan fingerprint density at radius 1 is 0.824 bits per heavy atom. The van der Waals surface area contributed by atoms with Crippen molar-refractivity contribution in [2.45, 2.75) is 0 Å². The average Bonchev–Trinajstić information content (AvgIpc) is 2.33. The predicted octanol–water partition coefficient (Wildman–Crippen LogP) is 5.55. The van der Waals surface area contributed by atoms with Gasteiger partial charge in [-0.15, -0.1) is 0 Å². The van der Waals surface area contributed by atoms with E-state index < -0.39 is 0 Å². The van der Waals surface area contributed by atoms with E-state index in [1.54, 1.807) is 6.07 Å². The number of benzene rings is 3. The van der Waals surface area contributed by atoms with Gasteiger partial charge in [-0.3, -0.25) is 0 Å². The fraction of sp³-hybridized carbons (Fsp3) is 0. The van der Waals surface area contributed by atoms with Crippen LogP contribution in [0.15, 0.2) is 30.3 Å². The summed E-state index contributed by atoms with van der Waals surface area (Å²) in [5, 5.41) is 5.48. The van der Waals surface area contributed by atoms with Crippen LogP contribution in [0.25, 0.3) is 21.5 Å². The van der Waals surface area contributed by atoms with Gasteiger partial charge in [0.25, 0.3) is 0 Å². The minimum absolute atomic E-state index is 0.435. The van der Waals surface area contributed by atoms with Gasteiger partial charge in [0.1, 0.15) is 0 Å². The molecule has 3 aromatic rings. The van der Waals surface area contributed by atoms with Gasteiger partial charge in [-0.25, -0.2) is 0 Å². The zero-order chi connectivity index (χ0) is 12.0. The van der Waals surface area contributed by atoms with E-state index in [0.717, 1.165) is 21.5 Å². The Kier molecular flexibility index (Phi) is 2.67. The molecule has 0 nitrogen and oxygen atoms in total. The molecule has 0 unspecified atom stereocenters. The highest BCUT2D eigenvalue weighted by Gasteiger charge is 2.07. The Morgan fingerprint density at radius 2 is 1.53 bits per heavy atom. The summed E-state index contributed by atoms with van der Waals surface area (Å²) in [6.07, 6.45) is 0. The normalized spacial score (nSPS) is 11.2. The molecule has 0 saturated heterocycles. The monoisotopic (exact) mass is 278 g/mol. The first-order valence-electron chi connectivity index (χ1n) is 4.95. The molecule has 0 aromatic heterocycles. The highest BCUT2D eigenvalue weighted by atomic mass is 35.5. The molecule has 0 amide bonds. The first kappa shape index (κ1) is 11.2. The highest BCUT2D eigenvalue weighted by Crippen LogP contribution is 2.34. The molecule has 0 aliphatic heterocycles. The van der Waals surface area contributed by atoms with Crippen LogP contribution >= 0.6 is 34.8 Å². The van der Waals surface area contributed by atoms with Crippen LogP contribution in [0.3, 0.4) is 0 Å². The summed E-state index contributed by atoms with van der Waals surface area (Å²) >= 11 is 18.2. The lowest BCUT2D eigenvalue weighted by atomic mass is 10.0. The number of hydrogen-bond donors (Lipinski definition) is 0. The summed E-state index contributed by atoms with van der Waals surface area (Å²) in [7, 11) is 0. The topological polar surface area (TPSA) is 0 Å². The van der Waals surface area contributed by atoms with Crippen molar-refractivity contribution in [1.82, 2.24) is 0 Å². The Labute approximate surface area is 114 Å². The maximum absolute atomic E-state index is 6.16. The molecule has 0 N–H and O–H groups in total. The van der Waals surface area contributed by atoms with Crippen LogP contribution in [0.2, 0.25) is 15.1 Å². The maximum Gasteiger partial charge on any atom is 0.0677 e. The molecular formula is C14H5Cl3. The van der Waals surface area contributed by atoms with Crippen LogP contribution in [0.4, 0.5) is 0 Å². The molecule has 17 heavy (non-hydrogen) atoms. The second-order valence-electron chi connectivity index (χ2n) is 3.75. The van der Waals surface area contributed by atoms with Gasteiger partial charge < -0.3 is 0 Å². The van der Waals surface area contributed by atoms with E-state index in [0.29, 0.717) is 15.1 Å². The highest BCUT2D eigenvalue weighted by molar-refractivity contribution is 6.45. The van der Waals surface area contributed by atoms with Crippen LogP contribution in [-0.2, 0) is 0 Å². The maximum atomic E-state index is 6.16. The quantitative estimate of drug-likeness (QED) is 0.473. The molecule has 0 aliphatic carbocycles. The van der Waals surface area contributed by atoms with E-state index >= 15 is 0 Å². The standard InChI is InChI=1S/C14H5Cl3/c15-12-3-1-2-8-7-11-9(6-10(8)12)4-5-13(16)14(11)17/h2-4,6-7H. The van der Waals surface area contributed by atoms with Crippen molar-refractivity contribution in [3.05, 3.63) is 57.5 Å². The molecule has 3 rings (SSSR count). The molecular weight excluding hydrogens is 275 g/mol. The van der Waals surface area contributed by atoms with Crippen LogP contribution in [0.1, 0.15) is 0 Å². The van der Waals surface area contributed by atoms with Gasteiger partial charge >= 0.3 is 0 Å². The minimum atomic E-state index is 0.435. The molecule has 3 heteroatoms. The average molecular weight is 280 g/mol. The summed E-state index contributed by atoms with van der Waals surface area (Å²) in [5.41, 5.74) is 0. The Hall–Kier alpha value is -0.950. The fourth-order valence-electron chi connectivity index (χ4n) is 1.87. The molecule has 0 bridgehead atoms. The Morgan fingerprint density at radius 3 is 2.35 bits per heavy atom. The van der Waals surface area contributed by atoms with Gasteiger partial charge in [-0.1, -0.05) is 34.8 Å². The van der Waals surface area contributed by atoms with Gasteiger partial charge in [-0.05, 0) is 47.2 Å². The van der Waals surface area contributed by atoms with Gasteiger partial charge in [0, 0.05) is 21.9 Å². The first-order chi connectivity index (χ1) is 8.16. The van der Waals surface area contributed by atoms with E-state index in [1.165, 1.54) is 0 Å². The Balaban J connectivity index is 2.52. The SMILES string of the molecule is Clc1[c]cc2cc3c(Cl)c[c]cc3cc2c1Cl. The van der Waals surface area contributed by atoms with Crippen molar-refractivity contribution in [2.75, 3.05) is 0 Å². The van der Waals surface area contributed by atoms with Gasteiger partial charge in [0.15, 0.2) is 0 Å². The van der Waals surface area contributed by atoms with Crippen molar-refractivity contribution < 1.29 is 0 Å². The third-order valence-electron chi connectivity index (χ3n) is 2.71. The third kappa shape index (κ3) is 1.77. The van der Waals surface area contributed by atoms with E-state index in [9.17, 15) is 0 Å². The van der Waals surface area contributed by atoms with Gasteiger partial charge in [0.2, 0.25) is 0 Å². The minimum Gasteiger partial charge on any atom is -0.0836 e. The molecule has 3 aromatic carbocycles. The molecule has 82 valence electrons. The molecule has 0 heterocycles. The van der Waals surface area contributed by atoms with E-state index in [-0.39, 0.29) is 0 Å². The van der Waals surface area contributed by atoms with E-state index in [1.807, 2.05) is 24.3 Å². The molecule has 0 atom stereocenters. The van der Waals surface area contributed by atoms with Gasteiger partial charge in [0.05, 0.1) is 10.0 Å². The van der Waals surface area contributed by atoms with Crippen molar-refractivity contribution in [3.63, 3.8) is 0 Å². The summed E-state index contributed by atoms with van der Waals surface area (Å²) in [4.78, 5) is 0. The number of hydrogen-bond acceptors (Lipinski definition) is 0. The largest absolute Gasteiger partial charge is 0.0836 e. The van der Waals surface area contributed by atoms with Crippen molar-refractivity contribution in [2.24, 2.45) is 0 Å². The molecule has 0 spiro atoms. The zero-order valence-electron chi connectivity index (χ0n) is 8.52. The zero-order valence-corrected chi connectivity index (χ0v) is 10.8. The molecule has 0 aliphatic rings. The van der Waals surface area contributed by atoms with Crippen molar-refractivity contribution in [3.8, 4) is 0 Å². The summed E-state index contributed by atoms with van der Waals surface area (Å²) in [6, 6.07) is 15.3. The fourth-order valence-corrected chi connectivity index (χ4v) is 2.48. The lowest BCUT2D eigenvalue weighted by Gasteiger charge is -2.06. The van der Waals surface area contributed by atoms with E-state index in [4.69, 9.17) is 34.8 Å². The second-order valence-corrected chi connectivity index (χ2v) is 4.91. The lowest BCUT2D eigenvalue weighted by molar-refractivity contribution is 1.74. The Bertz CT molecular complexity index is 732. The summed E-state index contributed by atoms with van der Waals surface area (Å²) in [6.45, 7) is 0. The first-order valence-corrected chi connectivity index (χ1v) is 6.09. The smallest absolute Gasteiger partial charge is 0.0677 e. The van der Waals surface area contributed by atoms with Crippen LogP contribution in [0.5, 0.6) is 0 Å². The number of rotatable bonds is 0. The van der Waals surface area contributed by atoms with Crippen LogP contribution in [-0.4, -0.2) is 0 Å². The second kappa shape index (κ2) is 4.06. The molecule has 0 fully saturated rings. The summed E-state index contributed by atoms with van der Waals surface area (Å²) in [5.74, 6) is 0. The lowest BCUT2D eigenvalue weighted by Crippen LogP contribution is -1.80. The number of halogens is 3. The van der Waals surface area contributed by atoms with Gasteiger partial charge in [-0.2, -0.15) is 0 Å². The van der Waals surface area contributed by atoms with Crippen LogP contribution in [0, 0.1) is 12.1 Å². The number of fused-ring (bicyclic) bond motifs is 2. The van der Waals surface area contributed by atoms with E-state index in [2.05, 4.69) is 12.1 Å².